The third-order valence-corrected chi connectivity index (χ3v) is 5.79. The first kappa shape index (κ1) is 20.2. The van der Waals surface area contributed by atoms with Gasteiger partial charge in [-0.25, -0.2) is 17.5 Å². The number of halogens is 1. The van der Waals surface area contributed by atoms with Crippen LogP contribution in [0.25, 0.3) is 0 Å². The molecule has 1 unspecified atom stereocenters. The van der Waals surface area contributed by atoms with Crippen LogP contribution in [0.2, 0.25) is 0 Å². The van der Waals surface area contributed by atoms with Gasteiger partial charge in [-0.1, -0.05) is 12.1 Å². The first-order valence-corrected chi connectivity index (χ1v) is 10.2. The van der Waals surface area contributed by atoms with Gasteiger partial charge in [-0.3, -0.25) is 4.79 Å². The summed E-state index contributed by atoms with van der Waals surface area (Å²) in [5, 5.41) is 2.53. The highest BCUT2D eigenvalue weighted by atomic mass is 32.2. The van der Waals surface area contributed by atoms with Gasteiger partial charge in [0.05, 0.1) is 29.4 Å². The fraction of sp³-hybridized carbons (Fsp3) is 0.316. The maximum atomic E-state index is 14.2. The van der Waals surface area contributed by atoms with Gasteiger partial charge < -0.3 is 14.8 Å². The zero-order chi connectivity index (χ0) is 20.1. The Labute approximate surface area is 162 Å². The molecule has 150 valence electrons. The summed E-state index contributed by atoms with van der Waals surface area (Å²) < 4.78 is 52.2. The van der Waals surface area contributed by atoms with Crippen LogP contribution in [0.1, 0.15) is 23.2 Å². The number of anilines is 1. The number of methoxy groups -OCH3 is 1. The molecule has 7 nitrogen and oxygen atoms in total. The van der Waals surface area contributed by atoms with Gasteiger partial charge >= 0.3 is 0 Å². The van der Waals surface area contributed by atoms with Gasteiger partial charge in [0.2, 0.25) is 10.0 Å². The monoisotopic (exact) mass is 408 g/mol. The molecule has 28 heavy (non-hydrogen) atoms. The molecule has 1 heterocycles. The standard InChI is InChI=1S/C19H21FN2O5S/c1-26-18-7-3-2-6-17(18)22-19(23)15-11-14(8-9-16(15)20)28(24,25)21-12-13-5-4-10-27-13/h2-3,6-9,11,13,21H,4-5,10,12H2,1H3,(H,22,23). The number of hydrogen-bond donors (Lipinski definition) is 2. The van der Waals surface area contributed by atoms with Crippen molar-refractivity contribution in [3.63, 3.8) is 0 Å². The van der Waals surface area contributed by atoms with Crippen molar-refractivity contribution in [2.75, 3.05) is 25.6 Å². The molecule has 1 aliphatic heterocycles. The number of carbonyl (C=O) groups is 1. The lowest BCUT2D eigenvalue weighted by Gasteiger charge is -2.13. The molecular formula is C19H21FN2O5S. The molecule has 3 rings (SSSR count). The summed E-state index contributed by atoms with van der Waals surface area (Å²) in [5.41, 5.74) is -0.0370. The number of sulfonamides is 1. The van der Waals surface area contributed by atoms with E-state index in [1.54, 1.807) is 24.3 Å². The van der Waals surface area contributed by atoms with Crippen molar-refractivity contribution in [2.24, 2.45) is 0 Å². The Morgan fingerprint density at radius 3 is 2.79 bits per heavy atom. The van der Waals surface area contributed by atoms with Crippen LogP contribution >= 0.6 is 0 Å². The molecule has 0 radical (unpaired) electrons. The third kappa shape index (κ3) is 4.67. The maximum Gasteiger partial charge on any atom is 0.258 e. The highest BCUT2D eigenvalue weighted by Crippen LogP contribution is 2.24. The summed E-state index contributed by atoms with van der Waals surface area (Å²) in [6.45, 7) is 0.735. The Kier molecular flexibility index (Phi) is 6.28. The van der Waals surface area contributed by atoms with Gasteiger partial charge in [0.1, 0.15) is 11.6 Å². The van der Waals surface area contributed by atoms with E-state index in [1.807, 2.05) is 0 Å². The zero-order valence-electron chi connectivity index (χ0n) is 15.3. The molecule has 0 spiro atoms. The lowest BCUT2D eigenvalue weighted by Crippen LogP contribution is -2.32. The van der Waals surface area contributed by atoms with Crippen LogP contribution in [0, 0.1) is 5.82 Å². The normalized spacial score (nSPS) is 16.7. The van der Waals surface area contributed by atoms with Gasteiger partial charge in [-0.05, 0) is 43.2 Å². The van der Waals surface area contributed by atoms with Crippen molar-refractivity contribution < 1.29 is 27.1 Å². The second kappa shape index (κ2) is 8.68. The highest BCUT2D eigenvalue weighted by molar-refractivity contribution is 7.89. The Bertz CT molecular complexity index is 959. The van der Waals surface area contributed by atoms with E-state index in [9.17, 15) is 17.6 Å². The van der Waals surface area contributed by atoms with Crippen molar-refractivity contribution in [3.8, 4) is 5.75 Å². The van der Waals surface area contributed by atoms with Crippen molar-refractivity contribution in [1.29, 1.82) is 0 Å². The van der Waals surface area contributed by atoms with Crippen LogP contribution in [0.3, 0.4) is 0 Å². The predicted molar refractivity (Wildman–Crippen MR) is 102 cm³/mol. The predicted octanol–water partition coefficient (Wildman–Crippen LogP) is 2.54. The highest BCUT2D eigenvalue weighted by Gasteiger charge is 2.23. The average Bonchev–Trinajstić information content (AvgIpc) is 3.21. The summed E-state index contributed by atoms with van der Waals surface area (Å²) in [7, 11) is -2.46. The quantitative estimate of drug-likeness (QED) is 0.734. The van der Waals surface area contributed by atoms with Crippen molar-refractivity contribution in [3.05, 3.63) is 53.8 Å². The molecule has 9 heteroatoms. The van der Waals surface area contributed by atoms with E-state index >= 15 is 0 Å². The van der Waals surface area contributed by atoms with E-state index < -0.39 is 21.7 Å². The molecule has 1 fully saturated rings. The Morgan fingerprint density at radius 1 is 1.29 bits per heavy atom. The minimum absolute atomic E-state index is 0.127. The molecule has 2 N–H and O–H groups in total. The lowest BCUT2D eigenvalue weighted by atomic mass is 10.2. The first-order valence-electron chi connectivity index (χ1n) is 8.76. The van der Waals surface area contributed by atoms with Crippen LogP contribution in [0.5, 0.6) is 5.75 Å². The van der Waals surface area contributed by atoms with Crippen LogP contribution in [0.4, 0.5) is 10.1 Å². The summed E-state index contributed by atoms with van der Waals surface area (Å²) >= 11 is 0. The molecule has 0 aromatic heterocycles. The third-order valence-electron chi connectivity index (χ3n) is 4.37. The van der Waals surface area contributed by atoms with Gasteiger partial charge in [-0.2, -0.15) is 0 Å². The van der Waals surface area contributed by atoms with Gasteiger partial charge in [0.15, 0.2) is 0 Å². The van der Waals surface area contributed by atoms with E-state index in [1.165, 1.54) is 7.11 Å². The molecule has 0 bridgehead atoms. The van der Waals surface area contributed by atoms with E-state index in [2.05, 4.69) is 10.0 Å². The second-order valence-corrected chi connectivity index (χ2v) is 8.05. The average molecular weight is 408 g/mol. The summed E-state index contributed by atoms with van der Waals surface area (Å²) in [5.74, 6) is -1.21. The Morgan fingerprint density at radius 2 is 2.07 bits per heavy atom. The van der Waals surface area contributed by atoms with Crippen LogP contribution in [-0.4, -0.2) is 40.7 Å². The number of hydrogen-bond acceptors (Lipinski definition) is 5. The molecule has 1 atom stereocenters. The SMILES string of the molecule is COc1ccccc1NC(=O)c1cc(S(=O)(=O)NCC2CCCO2)ccc1F. The number of nitrogens with one attached hydrogen (secondary N) is 2. The molecular weight excluding hydrogens is 387 g/mol. The van der Waals surface area contributed by atoms with Crippen molar-refractivity contribution in [1.82, 2.24) is 4.72 Å². The van der Waals surface area contributed by atoms with Gasteiger partial charge in [0, 0.05) is 13.2 Å². The Balaban J connectivity index is 1.79. The summed E-state index contributed by atoms with van der Waals surface area (Å²) in [6.07, 6.45) is 1.48. The number of carbonyl (C=O) groups excluding carboxylic acids is 1. The zero-order valence-corrected chi connectivity index (χ0v) is 16.1. The smallest absolute Gasteiger partial charge is 0.258 e. The Hall–Kier alpha value is -2.49. The molecule has 1 amide bonds. The molecule has 1 saturated heterocycles. The number of benzene rings is 2. The van der Waals surface area contributed by atoms with E-state index in [-0.39, 0.29) is 23.1 Å². The van der Waals surface area contributed by atoms with Crippen LogP contribution < -0.4 is 14.8 Å². The first-order chi connectivity index (χ1) is 13.4. The fourth-order valence-corrected chi connectivity index (χ4v) is 3.97. The second-order valence-electron chi connectivity index (χ2n) is 6.28. The van der Waals surface area contributed by atoms with Gasteiger partial charge in [-0.15, -0.1) is 0 Å². The topological polar surface area (TPSA) is 93.7 Å². The number of para-hydroxylation sites is 2. The van der Waals surface area contributed by atoms with E-state index in [0.29, 0.717) is 18.0 Å². The van der Waals surface area contributed by atoms with Crippen molar-refractivity contribution in [2.45, 2.75) is 23.8 Å². The van der Waals surface area contributed by atoms with Crippen LogP contribution in [0.15, 0.2) is 47.4 Å². The van der Waals surface area contributed by atoms with E-state index in [0.717, 1.165) is 31.0 Å². The lowest BCUT2D eigenvalue weighted by molar-refractivity contribution is 0.102. The minimum atomic E-state index is -3.91. The molecule has 1 aliphatic rings. The summed E-state index contributed by atoms with van der Waals surface area (Å²) in [4.78, 5) is 12.3. The fourth-order valence-electron chi connectivity index (χ4n) is 2.87. The number of ether oxygens (including phenoxy) is 2. The minimum Gasteiger partial charge on any atom is -0.495 e. The largest absolute Gasteiger partial charge is 0.495 e. The molecule has 2 aromatic rings. The number of amides is 1. The van der Waals surface area contributed by atoms with Crippen molar-refractivity contribution >= 4 is 21.6 Å². The van der Waals surface area contributed by atoms with E-state index in [4.69, 9.17) is 9.47 Å². The number of rotatable bonds is 7. The molecule has 2 aromatic carbocycles. The molecule has 0 saturated carbocycles. The van der Waals surface area contributed by atoms with Crippen LogP contribution in [-0.2, 0) is 14.8 Å². The maximum absolute atomic E-state index is 14.2. The molecule has 0 aliphatic carbocycles. The summed E-state index contributed by atoms with van der Waals surface area (Å²) in [6, 6.07) is 9.73. The van der Waals surface area contributed by atoms with Gasteiger partial charge in [0.25, 0.3) is 5.91 Å².